The summed E-state index contributed by atoms with van der Waals surface area (Å²) in [6.07, 6.45) is 2.14. The monoisotopic (exact) mass is 324 g/mol. The molecule has 1 fully saturated rings. The van der Waals surface area contributed by atoms with E-state index in [0.717, 1.165) is 48.2 Å². The molecular weight excluding hydrogens is 304 g/mol. The number of halogens is 1. The Kier molecular flexibility index (Phi) is 4.99. The molecule has 1 atom stereocenters. The molecule has 2 rings (SSSR count). The zero-order valence-electron chi connectivity index (χ0n) is 11.6. The zero-order chi connectivity index (χ0) is 13.8. The number of nitrogens with zero attached hydrogens (tertiary/aromatic N) is 2. The van der Waals surface area contributed by atoms with Crippen molar-refractivity contribution in [1.82, 2.24) is 4.90 Å². The van der Waals surface area contributed by atoms with Crippen LogP contribution in [-0.2, 0) is 0 Å². The molecule has 0 bridgehead atoms. The van der Waals surface area contributed by atoms with Crippen molar-refractivity contribution >= 4 is 27.9 Å². The number of hydrogen-bond donors (Lipinski definition) is 0. The summed E-state index contributed by atoms with van der Waals surface area (Å²) in [4.78, 5) is 16.0. The Hall–Kier alpha value is -0.870. The number of rotatable bonds is 4. The van der Waals surface area contributed by atoms with Crippen LogP contribution in [0.2, 0.25) is 0 Å². The lowest BCUT2D eigenvalue weighted by molar-refractivity contribution is 0.112. The molecule has 0 saturated carbocycles. The average Bonchev–Trinajstić information content (AvgIpc) is 2.46. The molecule has 0 aliphatic carbocycles. The Morgan fingerprint density at radius 1 is 1.32 bits per heavy atom. The van der Waals surface area contributed by atoms with Gasteiger partial charge in [0.2, 0.25) is 0 Å². The smallest absolute Gasteiger partial charge is 0.152 e. The zero-order valence-corrected chi connectivity index (χ0v) is 13.2. The molecule has 4 heteroatoms. The second kappa shape index (κ2) is 6.53. The molecule has 1 heterocycles. The third kappa shape index (κ3) is 3.37. The Morgan fingerprint density at radius 3 is 2.58 bits per heavy atom. The predicted molar refractivity (Wildman–Crippen MR) is 83.1 cm³/mol. The largest absolute Gasteiger partial charge is 0.368 e. The van der Waals surface area contributed by atoms with E-state index in [-0.39, 0.29) is 0 Å². The van der Waals surface area contributed by atoms with Gasteiger partial charge in [-0.2, -0.15) is 0 Å². The molecule has 1 aliphatic heterocycles. The highest BCUT2D eigenvalue weighted by Gasteiger charge is 2.21. The summed E-state index contributed by atoms with van der Waals surface area (Å²) in [7, 11) is 0. The molecule has 0 aromatic heterocycles. The Morgan fingerprint density at radius 2 is 2.00 bits per heavy atom. The van der Waals surface area contributed by atoms with Crippen molar-refractivity contribution in [3.8, 4) is 0 Å². The van der Waals surface area contributed by atoms with E-state index in [9.17, 15) is 4.79 Å². The Bertz CT molecular complexity index is 442. The van der Waals surface area contributed by atoms with Crippen molar-refractivity contribution in [3.05, 3.63) is 28.2 Å². The fraction of sp³-hybridized carbons (Fsp3) is 0.533. The molecule has 104 valence electrons. The van der Waals surface area contributed by atoms with E-state index in [4.69, 9.17) is 0 Å². The van der Waals surface area contributed by atoms with Gasteiger partial charge >= 0.3 is 0 Å². The topological polar surface area (TPSA) is 23.6 Å². The van der Waals surface area contributed by atoms with Gasteiger partial charge in [-0.3, -0.25) is 9.69 Å². The molecule has 0 radical (unpaired) electrons. The molecular formula is C15H21BrN2O. The number of carbonyl (C=O) groups excluding carboxylic acids is 1. The highest BCUT2D eigenvalue weighted by Crippen LogP contribution is 2.24. The molecule has 1 aliphatic rings. The van der Waals surface area contributed by atoms with Crippen molar-refractivity contribution in [3.63, 3.8) is 0 Å². The van der Waals surface area contributed by atoms with Gasteiger partial charge < -0.3 is 4.90 Å². The molecule has 3 nitrogen and oxygen atoms in total. The molecule has 1 saturated heterocycles. The van der Waals surface area contributed by atoms with Crippen LogP contribution in [-0.4, -0.2) is 43.4 Å². The highest BCUT2D eigenvalue weighted by atomic mass is 79.9. The first-order valence-corrected chi connectivity index (χ1v) is 7.68. The van der Waals surface area contributed by atoms with Crippen LogP contribution in [0.4, 0.5) is 5.69 Å². The lowest BCUT2D eigenvalue weighted by Crippen LogP contribution is -2.49. The normalized spacial score (nSPS) is 18.4. The SMILES string of the molecule is CCC(C)N1CCN(c2ccc(Br)cc2C=O)CC1. The summed E-state index contributed by atoms with van der Waals surface area (Å²) in [5.41, 5.74) is 1.83. The van der Waals surface area contributed by atoms with Gasteiger partial charge in [0, 0.05) is 47.9 Å². The summed E-state index contributed by atoms with van der Waals surface area (Å²) in [6, 6.07) is 6.58. The molecule has 0 spiro atoms. The van der Waals surface area contributed by atoms with Crippen LogP contribution >= 0.6 is 15.9 Å². The van der Waals surface area contributed by atoms with E-state index in [1.54, 1.807) is 0 Å². The van der Waals surface area contributed by atoms with Crippen LogP contribution in [0.25, 0.3) is 0 Å². The maximum absolute atomic E-state index is 11.2. The van der Waals surface area contributed by atoms with Crippen molar-refractivity contribution in [2.75, 3.05) is 31.1 Å². The number of carbonyl (C=O) groups is 1. The van der Waals surface area contributed by atoms with Gasteiger partial charge in [0.15, 0.2) is 6.29 Å². The fourth-order valence-corrected chi connectivity index (χ4v) is 2.95. The van der Waals surface area contributed by atoms with E-state index in [0.29, 0.717) is 6.04 Å². The summed E-state index contributed by atoms with van der Waals surface area (Å²) in [5.74, 6) is 0. The molecule has 1 unspecified atom stereocenters. The molecule has 0 N–H and O–H groups in total. The van der Waals surface area contributed by atoms with Gasteiger partial charge in [0.1, 0.15) is 0 Å². The Balaban J connectivity index is 2.07. The third-order valence-electron chi connectivity index (χ3n) is 3.99. The van der Waals surface area contributed by atoms with Crippen molar-refractivity contribution < 1.29 is 4.79 Å². The van der Waals surface area contributed by atoms with Crippen molar-refractivity contribution in [1.29, 1.82) is 0 Å². The molecule has 19 heavy (non-hydrogen) atoms. The summed E-state index contributed by atoms with van der Waals surface area (Å²) in [6.45, 7) is 8.65. The maximum atomic E-state index is 11.2. The van der Waals surface area contributed by atoms with Gasteiger partial charge in [0.05, 0.1) is 0 Å². The van der Waals surface area contributed by atoms with E-state index in [1.807, 2.05) is 18.2 Å². The van der Waals surface area contributed by atoms with Gasteiger partial charge in [0.25, 0.3) is 0 Å². The van der Waals surface area contributed by atoms with Crippen LogP contribution in [0.5, 0.6) is 0 Å². The van der Waals surface area contributed by atoms with E-state index in [2.05, 4.69) is 39.6 Å². The predicted octanol–water partition coefficient (Wildman–Crippen LogP) is 3.18. The highest BCUT2D eigenvalue weighted by molar-refractivity contribution is 9.10. The lowest BCUT2D eigenvalue weighted by atomic mass is 10.1. The van der Waals surface area contributed by atoms with Crippen LogP contribution in [0, 0.1) is 0 Å². The summed E-state index contributed by atoms with van der Waals surface area (Å²) >= 11 is 3.41. The van der Waals surface area contributed by atoms with Gasteiger partial charge in [-0.25, -0.2) is 0 Å². The van der Waals surface area contributed by atoms with Crippen molar-refractivity contribution in [2.24, 2.45) is 0 Å². The van der Waals surface area contributed by atoms with Gasteiger partial charge in [-0.05, 0) is 31.5 Å². The second-order valence-electron chi connectivity index (χ2n) is 5.10. The first kappa shape index (κ1) is 14.5. The fourth-order valence-electron chi connectivity index (χ4n) is 2.57. The first-order valence-electron chi connectivity index (χ1n) is 6.89. The summed E-state index contributed by atoms with van der Waals surface area (Å²) in [5, 5.41) is 0. The number of hydrogen-bond acceptors (Lipinski definition) is 3. The van der Waals surface area contributed by atoms with Crippen LogP contribution in [0.1, 0.15) is 30.6 Å². The number of benzene rings is 1. The average molecular weight is 325 g/mol. The quantitative estimate of drug-likeness (QED) is 0.795. The first-order chi connectivity index (χ1) is 9.15. The minimum Gasteiger partial charge on any atom is -0.368 e. The minimum absolute atomic E-state index is 0.651. The van der Waals surface area contributed by atoms with Gasteiger partial charge in [-0.15, -0.1) is 0 Å². The minimum atomic E-state index is 0.651. The lowest BCUT2D eigenvalue weighted by Gasteiger charge is -2.39. The Labute approximate surface area is 123 Å². The van der Waals surface area contributed by atoms with Crippen LogP contribution < -0.4 is 4.90 Å². The van der Waals surface area contributed by atoms with E-state index < -0.39 is 0 Å². The number of piperazine rings is 1. The van der Waals surface area contributed by atoms with Crippen molar-refractivity contribution in [2.45, 2.75) is 26.3 Å². The van der Waals surface area contributed by atoms with Crippen LogP contribution in [0.3, 0.4) is 0 Å². The van der Waals surface area contributed by atoms with Gasteiger partial charge in [-0.1, -0.05) is 22.9 Å². The second-order valence-corrected chi connectivity index (χ2v) is 6.02. The maximum Gasteiger partial charge on any atom is 0.152 e. The molecule has 1 aromatic rings. The standard InChI is InChI=1S/C15H21BrN2O/c1-3-12(2)17-6-8-18(9-7-17)15-5-4-14(16)10-13(15)11-19/h4-5,10-12H,3,6-9H2,1-2H3. The molecule has 0 amide bonds. The summed E-state index contributed by atoms with van der Waals surface area (Å²) < 4.78 is 0.955. The van der Waals surface area contributed by atoms with E-state index in [1.165, 1.54) is 6.42 Å². The molecule has 1 aromatic carbocycles. The van der Waals surface area contributed by atoms with Crippen LogP contribution in [0.15, 0.2) is 22.7 Å². The third-order valence-corrected chi connectivity index (χ3v) is 4.48. The number of aldehydes is 1. The number of anilines is 1. The van der Waals surface area contributed by atoms with E-state index >= 15 is 0 Å².